The molecule has 4 nitrogen and oxygen atoms in total. The van der Waals surface area contributed by atoms with Crippen LogP contribution in [0.2, 0.25) is 0 Å². The van der Waals surface area contributed by atoms with Gasteiger partial charge in [0.05, 0.1) is 11.8 Å². The van der Waals surface area contributed by atoms with Crippen molar-refractivity contribution in [3.8, 4) is 5.75 Å². The number of fused-ring (bicyclic) bond motifs is 1. The fraction of sp³-hybridized carbons (Fsp3) is 0.476. The van der Waals surface area contributed by atoms with Gasteiger partial charge in [0.2, 0.25) is 0 Å². The zero-order valence-electron chi connectivity index (χ0n) is 15.1. The molecule has 0 spiro atoms. The highest BCUT2D eigenvalue weighted by molar-refractivity contribution is 5.22. The Morgan fingerprint density at radius 2 is 1.85 bits per heavy atom. The predicted molar refractivity (Wildman–Crippen MR) is 97.3 cm³/mol. The molecule has 1 aliphatic carbocycles. The van der Waals surface area contributed by atoms with E-state index in [0.29, 0.717) is 30.2 Å². The lowest BCUT2D eigenvalue weighted by molar-refractivity contribution is 0.0347. The summed E-state index contributed by atoms with van der Waals surface area (Å²) in [6, 6.07) is 7.05. The Balaban J connectivity index is 1.31. The van der Waals surface area contributed by atoms with Crippen LogP contribution >= 0.6 is 0 Å². The van der Waals surface area contributed by atoms with Crippen molar-refractivity contribution in [2.45, 2.75) is 31.3 Å². The van der Waals surface area contributed by atoms with E-state index in [1.165, 1.54) is 18.3 Å². The molecular formula is C21H24F2N2O2. The normalized spacial score (nSPS) is 27.8. The van der Waals surface area contributed by atoms with Gasteiger partial charge in [0.1, 0.15) is 17.4 Å². The minimum atomic E-state index is -0.904. The molecule has 2 aliphatic rings. The molecule has 1 aromatic heterocycles. The van der Waals surface area contributed by atoms with E-state index in [1.807, 2.05) is 6.07 Å². The van der Waals surface area contributed by atoms with Gasteiger partial charge in [0, 0.05) is 44.2 Å². The number of nitrogens with zero attached hydrogens (tertiary/aromatic N) is 2. The summed E-state index contributed by atoms with van der Waals surface area (Å²) in [6.45, 7) is 2.75. The summed E-state index contributed by atoms with van der Waals surface area (Å²) in [6.07, 6.45) is 3.84. The van der Waals surface area contributed by atoms with Crippen LogP contribution in [0.3, 0.4) is 0 Å². The van der Waals surface area contributed by atoms with Gasteiger partial charge < -0.3 is 15.1 Å². The number of aromatic nitrogens is 1. The third-order valence-corrected chi connectivity index (χ3v) is 5.96. The van der Waals surface area contributed by atoms with E-state index in [4.69, 9.17) is 0 Å². The van der Waals surface area contributed by atoms with Gasteiger partial charge in [-0.1, -0.05) is 6.07 Å². The number of aliphatic hydroxyl groups is 1. The summed E-state index contributed by atoms with van der Waals surface area (Å²) in [5.74, 6) is -0.183. The van der Waals surface area contributed by atoms with Gasteiger partial charge in [-0.3, -0.25) is 4.98 Å². The molecule has 3 atom stereocenters. The first kappa shape index (κ1) is 18.3. The van der Waals surface area contributed by atoms with Crippen molar-refractivity contribution in [3.63, 3.8) is 0 Å². The molecular weight excluding hydrogens is 350 g/mol. The lowest BCUT2D eigenvalue weighted by Gasteiger charge is -2.26. The van der Waals surface area contributed by atoms with Crippen molar-refractivity contribution in [1.29, 1.82) is 0 Å². The molecule has 0 unspecified atom stereocenters. The third kappa shape index (κ3) is 4.12. The van der Waals surface area contributed by atoms with Gasteiger partial charge in [-0.2, -0.15) is 0 Å². The molecule has 1 saturated carbocycles. The Labute approximate surface area is 157 Å². The monoisotopic (exact) mass is 374 g/mol. The Hall–Kier alpha value is -2.05. The molecule has 0 amide bonds. The molecule has 1 aliphatic heterocycles. The molecule has 27 heavy (non-hydrogen) atoms. The van der Waals surface area contributed by atoms with Gasteiger partial charge in [-0.25, -0.2) is 8.78 Å². The van der Waals surface area contributed by atoms with Crippen LogP contribution in [0.5, 0.6) is 5.75 Å². The summed E-state index contributed by atoms with van der Waals surface area (Å²) in [5, 5.41) is 20.2. The molecule has 2 fully saturated rings. The molecule has 6 heteroatoms. The Morgan fingerprint density at radius 1 is 1.11 bits per heavy atom. The maximum atomic E-state index is 13.9. The van der Waals surface area contributed by atoms with Crippen molar-refractivity contribution in [3.05, 3.63) is 59.4 Å². The minimum absolute atomic E-state index is 0.173. The number of benzene rings is 1. The second kappa shape index (κ2) is 7.17. The van der Waals surface area contributed by atoms with Gasteiger partial charge >= 0.3 is 0 Å². The standard InChI is InChI=1S/C21H24F2N2O2/c22-17-2-1-14(20(23)7-17)8-21(27)9-15-12-25(13-16(15)10-21)6-5-18-3-4-19(26)11-24-18/h1-4,7,11,15-16,26-27H,5-6,8-10,12-13H2/t15-,16+,21-. The van der Waals surface area contributed by atoms with Crippen LogP contribution in [0.4, 0.5) is 8.78 Å². The number of rotatable bonds is 5. The summed E-state index contributed by atoms with van der Waals surface area (Å²) in [4.78, 5) is 6.61. The number of halogens is 2. The Morgan fingerprint density at radius 3 is 2.48 bits per heavy atom. The highest BCUT2D eigenvalue weighted by atomic mass is 19.1. The molecule has 1 aromatic carbocycles. The van der Waals surface area contributed by atoms with E-state index in [9.17, 15) is 19.0 Å². The van der Waals surface area contributed by atoms with E-state index in [0.717, 1.165) is 37.8 Å². The van der Waals surface area contributed by atoms with Crippen LogP contribution in [-0.4, -0.2) is 45.3 Å². The number of likely N-dealkylation sites (tertiary alicyclic amines) is 1. The average Bonchev–Trinajstić information content (AvgIpc) is 3.11. The lowest BCUT2D eigenvalue weighted by atomic mass is 9.91. The predicted octanol–water partition coefficient (Wildman–Crippen LogP) is 2.92. The first-order chi connectivity index (χ1) is 12.9. The van der Waals surface area contributed by atoms with Crippen LogP contribution in [0.15, 0.2) is 36.5 Å². The van der Waals surface area contributed by atoms with E-state index in [2.05, 4.69) is 9.88 Å². The Bertz CT molecular complexity index is 798. The van der Waals surface area contributed by atoms with Crippen molar-refractivity contribution in [2.24, 2.45) is 11.8 Å². The van der Waals surface area contributed by atoms with Crippen molar-refractivity contribution < 1.29 is 19.0 Å². The molecule has 0 bridgehead atoms. The molecule has 2 heterocycles. The second-order valence-electron chi connectivity index (χ2n) is 8.08. The smallest absolute Gasteiger partial charge is 0.133 e. The molecule has 144 valence electrons. The van der Waals surface area contributed by atoms with Gasteiger partial charge in [-0.05, 0) is 48.4 Å². The maximum Gasteiger partial charge on any atom is 0.133 e. The first-order valence-corrected chi connectivity index (χ1v) is 9.43. The van der Waals surface area contributed by atoms with Gasteiger partial charge in [-0.15, -0.1) is 0 Å². The topological polar surface area (TPSA) is 56.6 Å². The van der Waals surface area contributed by atoms with Gasteiger partial charge in [0.15, 0.2) is 0 Å². The lowest BCUT2D eigenvalue weighted by Crippen LogP contribution is -2.33. The molecule has 4 rings (SSSR count). The fourth-order valence-electron chi connectivity index (χ4n) is 4.74. The summed E-state index contributed by atoms with van der Waals surface area (Å²) in [5.41, 5.74) is 0.431. The van der Waals surface area contributed by atoms with Crippen LogP contribution in [0.25, 0.3) is 0 Å². The Kier molecular flexibility index (Phi) is 4.86. The van der Waals surface area contributed by atoms with E-state index >= 15 is 0 Å². The quantitative estimate of drug-likeness (QED) is 0.845. The summed E-state index contributed by atoms with van der Waals surface area (Å²) >= 11 is 0. The number of pyridine rings is 1. The molecule has 2 aromatic rings. The highest BCUT2D eigenvalue weighted by Gasteiger charge is 2.48. The highest BCUT2D eigenvalue weighted by Crippen LogP contribution is 2.45. The van der Waals surface area contributed by atoms with E-state index in [1.54, 1.807) is 6.07 Å². The average molecular weight is 374 g/mol. The molecule has 1 saturated heterocycles. The summed E-state index contributed by atoms with van der Waals surface area (Å²) in [7, 11) is 0. The van der Waals surface area contributed by atoms with Crippen LogP contribution in [0, 0.1) is 23.5 Å². The zero-order valence-corrected chi connectivity index (χ0v) is 15.1. The number of hydrogen-bond donors (Lipinski definition) is 2. The number of aromatic hydroxyl groups is 1. The van der Waals surface area contributed by atoms with Crippen molar-refractivity contribution in [1.82, 2.24) is 9.88 Å². The van der Waals surface area contributed by atoms with Crippen LogP contribution in [-0.2, 0) is 12.8 Å². The largest absolute Gasteiger partial charge is 0.506 e. The zero-order chi connectivity index (χ0) is 19.0. The fourth-order valence-corrected chi connectivity index (χ4v) is 4.74. The SMILES string of the molecule is Oc1ccc(CCN2C[C@@H]3C[C@@](O)(Cc4ccc(F)cc4F)C[C@@H]3C2)nc1. The van der Waals surface area contributed by atoms with Crippen molar-refractivity contribution in [2.75, 3.05) is 19.6 Å². The van der Waals surface area contributed by atoms with Crippen LogP contribution in [0.1, 0.15) is 24.1 Å². The van der Waals surface area contributed by atoms with E-state index in [-0.39, 0.29) is 12.2 Å². The minimum Gasteiger partial charge on any atom is -0.506 e. The van der Waals surface area contributed by atoms with Crippen LogP contribution < -0.4 is 0 Å². The van der Waals surface area contributed by atoms with Gasteiger partial charge in [0.25, 0.3) is 0 Å². The van der Waals surface area contributed by atoms with Crippen molar-refractivity contribution >= 4 is 0 Å². The molecule has 2 N–H and O–H groups in total. The maximum absolute atomic E-state index is 13.9. The second-order valence-corrected chi connectivity index (χ2v) is 8.08. The summed E-state index contributed by atoms with van der Waals surface area (Å²) < 4.78 is 27.0. The third-order valence-electron chi connectivity index (χ3n) is 5.96. The number of hydrogen-bond acceptors (Lipinski definition) is 4. The van der Waals surface area contributed by atoms with E-state index < -0.39 is 17.2 Å². The first-order valence-electron chi connectivity index (χ1n) is 9.43. The molecule has 0 radical (unpaired) electrons.